The van der Waals surface area contributed by atoms with E-state index in [1.54, 1.807) is 0 Å². The Morgan fingerprint density at radius 1 is 1.38 bits per heavy atom. The van der Waals surface area contributed by atoms with E-state index in [1.165, 1.54) is 13.0 Å². The van der Waals surface area contributed by atoms with E-state index in [1.807, 2.05) is 32.1 Å². The van der Waals surface area contributed by atoms with E-state index < -0.39 is 0 Å². The van der Waals surface area contributed by atoms with Crippen LogP contribution >= 0.6 is 0 Å². The molecule has 13 heavy (non-hydrogen) atoms. The summed E-state index contributed by atoms with van der Waals surface area (Å²) in [5.74, 6) is -0.194. The molecule has 0 aliphatic rings. The number of hydrogen-bond acceptors (Lipinski definition) is 0. The molecule has 0 saturated heterocycles. The molecule has 0 fully saturated rings. The number of hydrogen-bond donors (Lipinski definition) is 0. The van der Waals surface area contributed by atoms with Crippen molar-refractivity contribution < 1.29 is 4.39 Å². The summed E-state index contributed by atoms with van der Waals surface area (Å²) in [5, 5.41) is 0. The van der Waals surface area contributed by atoms with Gasteiger partial charge in [0.25, 0.3) is 0 Å². The molecule has 0 atom stereocenters. The van der Waals surface area contributed by atoms with Crippen LogP contribution in [-0.4, -0.2) is 0 Å². The summed E-state index contributed by atoms with van der Waals surface area (Å²) >= 11 is 0. The Morgan fingerprint density at radius 3 is 2.38 bits per heavy atom. The van der Waals surface area contributed by atoms with Crippen molar-refractivity contribution in [3.8, 4) is 0 Å². The van der Waals surface area contributed by atoms with E-state index in [0.29, 0.717) is 6.42 Å². The molecule has 0 radical (unpaired) electrons. The van der Waals surface area contributed by atoms with Crippen molar-refractivity contribution >= 4 is 0 Å². The highest BCUT2D eigenvalue weighted by Gasteiger charge is 1.94. The van der Waals surface area contributed by atoms with Gasteiger partial charge in [-0.05, 0) is 44.4 Å². The Balaban J connectivity index is 4.27. The normalized spacial score (nSPS) is 13.8. The Morgan fingerprint density at radius 2 is 2.00 bits per heavy atom. The molecule has 0 N–H and O–H groups in total. The Kier molecular flexibility index (Phi) is 5.86. The molecular weight excluding hydrogens is 163 g/mol. The monoisotopic (exact) mass is 180 g/mol. The molecule has 0 aromatic carbocycles. The van der Waals surface area contributed by atoms with Crippen molar-refractivity contribution in [2.24, 2.45) is 0 Å². The third-order valence-corrected chi connectivity index (χ3v) is 1.59. The average Bonchev–Trinajstić information content (AvgIpc) is 2.02. The fourth-order valence-electron chi connectivity index (χ4n) is 1.07. The van der Waals surface area contributed by atoms with Crippen LogP contribution in [0, 0.1) is 0 Å². The topological polar surface area (TPSA) is 0 Å². The highest BCUT2D eigenvalue weighted by atomic mass is 19.1. The highest BCUT2D eigenvalue weighted by molar-refractivity contribution is 5.29. The first-order valence-corrected chi connectivity index (χ1v) is 4.39. The van der Waals surface area contributed by atoms with Crippen molar-refractivity contribution in [1.82, 2.24) is 0 Å². The van der Waals surface area contributed by atoms with E-state index in [4.69, 9.17) is 0 Å². The number of rotatable bonds is 4. The van der Waals surface area contributed by atoms with Crippen LogP contribution in [0.15, 0.2) is 47.9 Å². The predicted octanol–water partition coefficient (Wildman–Crippen LogP) is 4.33. The summed E-state index contributed by atoms with van der Waals surface area (Å²) in [5.41, 5.74) is 1.95. The molecule has 0 spiro atoms. The van der Waals surface area contributed by atoms with Gasteiger partial charge in [0.1, 0.15) is 0 Å². The smallest absolute Gasteiger partial charge is 0.0971 e. The molecule has 0 unspecified atom stereocenters. The van der Waals surface area contributed by atoms with Gasteiger partial charge in [0.15, 0.2) is 0 Å². The zero-order chi connectivity index (χ0) is 10.3. The molecule has 0 bridgehead atoms. The summed E-state index contributed by atoms with van der Waals surface area (Å²) < 4.78 is 12.5. The maximum Gasteiger partial charge on any atom is 0.0971 e. The Bertz CT molecular complexity index is 250. The van der Waals surface area contributed by atoms with Gasteiger partial charge in [-0.1, -0.05) is 24.8 Å². The van der Waals surface area contributed by atoms with Gasteiger partial charge in [0.2, 0.25) is 0 Å². The second-order valence-electron chi connectivity index (χ2n) is 2.93. The fraction of sp³-hybridized carbons (Fsp3) is 0.333. The van der Waals surface area contributed by atoms with Crippen molar-refractivity contribution in [3.63, 3.8) is 0 Å². The number of allylic oxidation sites excluding steroid dienone is 7. The molecule has 72 valence electrons. The molecule has 0 aliphatic heterocycles. The third-order valence-electron chi connectivity index (χ3n) is 1.59. The molecule has 0 nitrogen and oxygen atoms in total. The van der Waals surface area contributed by atoms with Gasteiger partial charge in [-0.25, -0.2) is 4.39 Å². The minimum absolute atomic E-state index is 0.194. The van der Waals surface area contributed by atoms with Crippen LogP contribution in [0.4, 0.5) is 4.39 Å². The van der Waals surface area contributed by atoms with Gasteiger partial charge >= 0.3 is 0 Å². The van der Waals surface area contributed by atoms with Gasteiger partial charge in [-0.15, -0.1) is 0 Å². The van der Waals surface area contributed by atoms with Gasteiger partial charge in [0.05, 0.1) is 5.83 Å². The van der Waals surface area contributed by atoms with Crippen molar-refractivity contribution in [3.05, 3.63) is 47.9 Å². The first kappa shape index (κ1) is 11.9. The molecule has 0 amide bonds. The molecule has 0 aromatic rings. The van der Waals surface area contributed by atoms with Gasteiger partial charge in [-0.3, -0.25) is 0 Å². The van der Waals surface area contributed by atoms with Crippen molar-refractivity contribution in [1.29, 1.82) is 0 Å². The quantitative estimate of drug-likeness (QED) is 0.565. The molecule has 0 saturated carbocycles. The highest BCUT2D eigenvalue weighted by Crippen LogP contribution is 2.13. The summed E-state index contributed by atoms with van der Waals surface area (Å²) in [4.78, 5) is 0. The van der Waals surface area contributed by atoms with Crippen molar-refractivity contribution in [2.45, 2.75) is 27.2 Å². The third kappa shape index (κ3) is 6.09. The van der Waals surface area contributed by atoms with Crippen LogP contribution in [0.25, 0.3) is 0 Å². The lowest BCUT2D eigenvalue weighted by Crippen LogP contribution is -1.81. The predicted molar refractivity (Wildman–Crippen MR) is 57.2 cm³/mol. The molecular formula is C12H17F. The SMILES string of the molecule is C=C(/C=C(\C)F)CC(/C=C\C)=C/C. The van der Waals surface area contributed by atoms with E-state index in [-0.39, 0.29) is 5.83 Å². The second kappa shape index (κ2) is 6.41. The van der Waals surface area contributed by atoms with Crippen LogP contribution in [0.5, 0.6) is 0 Å². The maximum absolute atomic E-state index is 12.5. The maximum atomic E-state index is 12.5. The van der Waals surface area contributed by atoms with E-state index in [2.05, 4.69) is 6.58 Å². The van der Waals surface area contributed by atoms with Crippen molar-refractivity contribution in [2.75, 3.05) is 0 Å². The lowest BCUT2D eigenvalue weighted by atomic mass is 10.1. The lowest BCUT2D eigenvalue weighted by Gasteiger charge is -2.00. The molecule has 0 rings (SSSR count). The average molecular weight is 180 g/mol. The number of halogens is 1. The molecule has 0 aromatic heterocycles. The van der Waals surface area contributed by atoms with Crippen LogP contribution in [0.2, 0.25) is 0 Å². The standard InChI is InChI=1S/C12H17F/c1-5-7-12(6-2)9-10(3)8-11(4)13/h5-8H,3,9H2,1-2,4H3/b7-5-,11-8+,12-6+. The van der Waals surface area contributed by atoms with Gasteiger partial charge < -0.3 is 0 Å². The summed E-state index contributed by atoms with van der Waals surface area (Å²) in [6.07, 6.45) is 8.16. The largest absolute Gasteiger partial charge is 0.212 e. The Labute approximate surface area is 80.2 Å². The van der Waals surface area contributed by atoms with E-state index >= 15 is 0 Å². The second-order valence-corrected chi connectivity index (χ2v) is 2.93. The fourth-order valence-corrected chi connectivity index (χ4v) is 1.07. The van der Waals surface area contributed by atoms with Gasteiger partial charge in [0, 0.05) is 0 Å². The van der Waals surface area contributed by atoms with Crippen LogP contribution < -0.4 is 0 Å². The Hall–Kier alpha value is -1.11. The summed E-state index contributed by atoms with van der Waals surface area (Å²) in [7, 11) is 0. The first-order chi connectivity index (χ1) is 6.10. The summed E-state index contributed by atoms with van der Waals surface area (Å²) in [6.45, 7) is 9.13. The van der Waals surface area contributed by atoms with E-state index in [0.717, 1.165) is 11.1 Å². The summed E-state index contributed by atoms with van der Waals surface area (Å²) in [6, 6.07) is 0. The first-order valence-electron chi connectivity index (χ1n) is 4.39. The molecule has 0 aliphatic carbocycles. The zero-order valence-corrected chi connectivity index (χ0v) is 8.60. The van der Waals surface area contributed by atoms with Crippen LogP contribution in [0.3, 0.4) is 0 Å². The van der Waals surface area contributed by atoms with Gasteiger partial charge in [-0.2, -0.15) is 0 Å². The molecule has 1 heteroatoms. The minimum Gasteiger partial charge on any atom is -0.212 e. The zero-order valence-electron chi connectivity index (χ0n) is 8.60. The van der Waals surface area contributed by atoms with Crippen LogP contribution in [-0.2, 0) is 0 Å². The minimum atomic E-state index is -0.194. The molecule has 0 heterocycles. The van der Waals surface area contributed by atoms with E-state index in [9.17, 15) is 4.39 Å². The van der Waals surface area contributed by atoms with Crippen LogP contribution in [0.1, 0.15) is 27.2 Å². The lowest BCUT2D eigenvalue weighted by molar-refractivity contribution is 0.639.